The largest absolute Gasteiger partial charge is 0.396 e. The molecule has 0 saturated heterocycles. The number of hydrogen-bond acceptors (Lipinski definition) is 5. The lowest BCUT2D eigenvalue weighted by atomic mass is 10.2. The van der Waals surface area contributed by atoms with Crippen LogP contribution in [0.5, 0.6) is 0 Å². The molecule has 0 bridgehead atoms. The molecule has 17 heavy (non-hydrogen) atoms. The van der Waals surface area contributed by atoms with Gasteiger partial charge in [-0.2, -0.15) is 5.10 Å². The topological polar surface area (TPSA) is 72.2 Å². The quantitative estimate of drug-likeness (QED) is 0.688. The van der Waals surface area contributed by atoms with Crippen LogP contribution in [0.2, 0.25) is 0 Å². The summed E-state index contributed by atoms with van der Waals surface area (Å²) in [6.07, 6.45) is 2.23. The molecular weight excluding hydrogens is 220 g/mol. The SMILES string of the molecule is COCC(CCO)NCc1ncnn1C(C)C. The number of ether oxygens (including phenoxy) is 1. The molecule has 6 heteroatoms. The zero-order valence-corrected chi connectivity index (χ0v) is 10.8. The molecule has 1 unspecified atom stereocenters. The van der Waals surface area contributed by atoms with Crippen LogP contribution in [0, 0.1) is 0 Å². The second-order valence-corrected chi connectivity index (χ2v) is 4.26. The first-order valence-electron chi connectivity index (χ1n) is 5.90. The van der Waals surface area contributed by atoms with Gasteiger partial charge in [-0.3, -0.25) is 0 Å². The van der Waals surface area contributed by atoms with E-state index in [1.807, 2.05) is 4.68 Å². The van der Waals surface area contributed by atoms with Crippen molar-refractivity contribution < 1.29 is 9.84 Å². The number of nitrogens with zero attached hydrogens (tertiary/aromatic N) is 3. The van der Waals surface area contributed by atoms with Crippen molar-refractivity contribution in [3.63, 3.8) is 0 Å². The second kappa shape index (κ2) is 7.37. The van der Waals surface area contributed by atoms with E-state index < -0.39 is 0 Å². The van der Waals surface area contributed by atoms with E-state index in [2.05, 4.69) is 29.2 Å². The summed E-state index contributed by atoms with van der Waals surface area (Å²) in [5, 5.41) is 16.4. The monoisotopic (exact) mass is 242 g/mol. The lowest BCUT2D eigenvalue weighted by molar-refractivity contribution is 0.147. The van der Waals surface area contributed by atoms with Crippen molar-refractivity contribution >= 4 is 0 Å². The summed E-state index contributed by atoms with van der Waals surface area (Å²) in [6, 6.07) is 0.440. The normalized spacial score (nSPS) is 13.2. The van der Waals surface area contributed by atoms with Crippen LogP contribution in [0.15, 0.2) is 6.33 Å². The fraction of sp³-hybridized carbons (Fsp3) is 0.818. The zero-order valence-electron chi connectivity index (χ0n) is 10.8. The highest BCUT2D eigenvalue weighted by atomic mass is 16.5. The van der Waals surface area contributed by atoms with Gasteiger partial charge in [0.15, 0.2) is 0 Å². The maximum Gasteiger partial charge on any atom is 0.141 e. The Morgan fingerprint density at radius 2 is 2.29 bits per heavy atom. The first kappa shape index (κ1) is 14.1. The summed E-state index contributed by atoms with van der Waals surface area (Å²) < 4.78 is 6.97. The fourth-order valence-electron chi connectivity index (χ4n) is 1.67. The molecule has 1 heterocycles. The van der Waals surface area contributed by atoms with Gasteiger partial charge in [0.05, 0.1) is 13.2 Å². The molecule has 1 rings (SSSR count). The Balaban J connectivity index is 2.49. The number of aromatic nitrogens is 3. The smallest absolute Gasteiger partial charge is 0.141 e. The highest BCUT2D eigenvalue weighted by Crippen LogP contribution is 2.05. The molecule has 0 spiro atoms. The first-order chi connectivity index (χ1) is 8.19. The predicted molar refractivity (Wildman–Crippen MR) is 64.6 cm³/mol. The number of hydrogen-bond donors (Lipinski definition) is 2. The Kier molecular flexibility index (Phi) is 6.10. The van der Waals surface area contributed by atoms with Crippen molar-refractivity contribution in [1.82, 2.24) is 20.1 Å². The average Bonchev–Trinajstić information content (AvgIpc) is 2.74. The van der Waals surface area contributed by atoms with Crippen LogP contribution in [0.4, 0.5) is 0 Å². The number of aliphatic hydroxyl groups excluding tert-OH is 1. The highest BCUT2D eigenvalue weighted by Gasteiger charge is 2.11. The Morgan fingerprint density at radius 1 is 1.53 bits per heavy atom. The van der Waals surface area contributed by atoms with Gasteiger partial charge in [0, 0.05) is 25.8 Å². The van der Waals surface area contributed by atoms with E-state index >= 15 is 0 Å². The van der Waals surface area contributed by atoms with Gasteiger partial charge >= 0.3 is 0 Å². The van der Waals surface area contributed by atoms with Crippen LogP contribution in [0.25, 0.3) is 0 Å². The van der Waals surface area contributed by atoms with E-state index in [1.165, 1.54) is 0 Å². The van der Waals surface area contributed by atoms with E-state index in [0.29, 0.717) is 25.6 Å². The Bertz CT molecular complexity index is 308. The third-order valence-corrected chi connectivity index (χ3v) is 2.53. The molecule has 1 aromatic rings. The minimum absolute atomic E-state index is 0.141. The minimum Gasteiger partial charge on any atom is -0.396 e. The van der Waals surface area contributed by atoms with E-state index in [-0.39, 0.29) is 12.6 Å². The molecule has 1 atom stereocenters. The molecule has 6 nitrogen and oxygen atoms in total. The molecule has 0 amide bonds. The van der Waals surface area contributed by atoms with Gasteiger partial charge in [-0.15, -0.1) is 0 Å². The molecule has 0 aliphatic carbocycles. The number of rotatable bonds is 8. The molecule has 0 saturated carbocycles. The van der Waals surface area contributed by atoms with Gasteiger partial charge in [0.25, 0.3) is 0 Å². The maximum atomic E-state index is 8.93. The molecule has 1 aromatic heterocycles. The van der Waals surface area contributed by atoms with Gasteiger partial charge < -0.3 is 15.2 Å². The summed E-state index contributed by atoms with van der Waals surface area (Å²) in [5.74, 6) is 0.902. The number of methoxy groups -OCH3 is 1. The minimum atomic E-state index is 0.141. The third kappa shape index (κ3) is 4.41. The molecule has 0 fully saturated rings. The van der Waals surface area contributed by atoms with Crippen molar-refractivity contribution in [3.05, 3.63) is 12.2 Å². The lowest BCUT2D eigenvalue weighted by Crippen LogP contribution is -2.34. The summed E-state index contributed by atoms with van der Waals surface area (Å²) >= 11 is 0. The first-order valence-corrected chi connectivity index (χ1v) is 5.90. The van der Waals surface area contributed by atoms with Crippen LogP contribution in [-0.2, 0) is 11.3 Å². The molecular formula is C11H22N4O2. The Hall–Kier alpha value is -0.980. The van der Waals surface area contributed by atoms with E-state index in [1.54, 1.807) is 13.4 Å². The summed E-state index contributed by atoms with van der Waals surface area (Å²) in [5.41, 5.74) is 0. The van der Waals surface area contributed by atoms with Crippen molar-refractivity contribution in [1.29, 1.82) is 0 Å². The highest BCUT2D eigenvalue weighted by molar-refractivity contribution is 4.86. The van der Waals surface area contributed by atoms with Gasteiger partial charge in [0.2, 0.25) is 0 Å². The Morgan fingerprint density at radius 3 is 2.88 bits per heavy atom. The standard InChI is InChI=1S/C11H22N4O2/c1-9(2)15-11(13-8-14-15)6-12-10(4-5-16)7-17-3/h8-10,12,16H,4-7H2,1-3H3. The van der Waals surface area contributed by atoms with Crippen molar-refractivity contribution in [2.75, 3.05) is 20.3 Å². The van der Waals surface area contributed by atoms with Gasteiger partial charge in [-0.1, -0.05) is 0 Å². The fourth-order valence-corrected chi connectivity index (χ4v) is 1.67. The van der Waals surface area contributed by atoms with Crippen molar-refractivity contribution in [2.24, 2.45) is 0 Å². The number of nitrogens with one attached hydrogen (secondary N) is 1. The van der Waals surface area contributed by atoms with Gasteiger partial charge in [0.1, 0.15) is 12.2 Å². The van der Waals surface area contributed by atoms with Gasteiger partial charge in [-0.25, -0.2) is 9.67 Å². The van der Waals surface area contributed by atoms with Crippen LogP contribution < -0.4 is 5.32 Å². The van der Waals surface area contributed by atoms with Crippen LogP contribution in [0.3, 0.4) is 0 Å². The molecule has 0 aliphatic heterocycles. The molecule has 0 radical (unpaired) electrons. The van der Waals surface area contributed by atoms with E-state index in [9.17, 15) is 0 Å². The summed E-state index contributed by atoms with van der Waals surface area (Å²) in [4.78, 5) is 4.22. The van der Waals surface area contributed by atoms with Crippen molar-refractivity contribution in [2.45, 2.75) is 38.9 Å². The average molecular weight is 242 g/mol. The van der Waals surface area contributed by atoms with Gasteiger partial charge in [-0.05, 0) is 20.3 Å². The molecule has 98 valence electrons. The molecule has 0 aliphatic rings. The summed E-state index contributed by atoms with van der Waals surface area (Å²) in [7, 11) is 1.66. The van der Waals surface area contributed by atoms with E-state index in [0.717, 1.165) is 5.82 Å². The summed E-state index contributed by atoms with van der Waals surface area (Å²) in [6.45, 7) is 5.50. The maximum absolute atomic E-state index is 8.93. The predicted octanol–water partition coefficient (Wildman–Crippen LogP) is 0.346. The van der Waals surface area contributed by atoms with E-state index in [4.69, 9.17) is 9.84 Å². The van der Waals surface area contributed by atoms with Crippen molar-refractivity contribution in [3.8, 4) is 0 Å². The molecule has 0 aromatic carbocycles. The van der Waals surface area contributed by atoms with Crippen LogP contribution >= 0.6 is 0 Å². The van der Waals surface area contributed by atoms with Crippen LogP contribution in [-0.4, -0.2) is 46.2 Å². The third-order valence-electron chi connectivity index (χ3n) is 2.53. The van der Waals surface area contributed by atoms with Crippen LogP contribution in [0.1, 0.15) is 32.1 Å². The number of aliphatic hydroxyl groups is 1. The lowest BCUT2D eigenvalue weighted by Gasteiger charge is -2.17. The molecule has 2 N–H and O–H groups in total. The Labute approximate surface area is 102 Å². The zero-order chi connectivity index (χ0) is 12.7. The second-order valence-electron chi connectivity index (χ2n) is 4.26.